The Balaban J connectivity index is 1.02. The molecule has 7 rings (SSSR count). The maximum absolute atomic E-state index is 12.9. The number of fused-ring (bicyclic) bond motifs is 4. The highest BCUT2D eigenvalue weighted by Crippen LogP contribution is 2.53. The van der Waals surface area contributed by atoms with Crippen molar-refractivity contribution in [3.63, 3.8) is 0 Å². The summed E-state index contributed by atoms with van der Waals surface area (Å²) in [5, 5.41) is 12.4. The predicted octanol–water partition coefficient (Wildman–Crippen LogP) is 3.24. The van der Waals surface area contributed by atoms with Crippen LogP contribution in [0.15, 0.2) is 48.5 Å². The molecule has 170 valence electrons. The Kier molecular flexibility index (Phi) is 4.50. The fourth-order valence-corrected chi connectivity index (χ4v) is 6.11. The summed E-state index contributed by atoms with van der Waals surface area (Å²) in [4.78, 5) is 38.5. The lowest BCUT2D eigenvalue weighted by atomic mass is 9.73. The van der Waals surface area contributed by atoms with E-state index in [1.165, 1.54) is 11.1 Å². The number of carbonyl (C=O) groups excluding carboxylic acids is 2. The molecule has 7 heteroatoms. The van der Waals surface area contributed by atoms with Crippen LogP contribution < -0.4 is 5.32 Å². The zero-order valence-corrected chi connectivity index (χ0v) is 18.2. The number of rotatable bonds is 6. The minimum Gasteiger partial charge on any atom is -0.479 e. The number of ether oxygens (including phenoxy) is 1. The van der Waals surface area contributed by atoms with Gasteiger partial charge in [-0.05, 0) is 53.4 Å². The molecule has 2 aliphatic heterocycles. The number of amides is 2. The van der Waals surface area contributed by atoms with Gasteiger partial charge in [0.05, 0.1) is 0 Å². The molecule has 0 aromatic heterocycles. The summed E-state index contributed by atoms with van der Waals surface area (Å²) in [7, 11) is 0. The SMILES string of the molecule is O=C(NC[C@H]1C[C@H]1C(=O)N1CC2CC1(C(=O)O)C2)OCC1c2ccccc2-c2ccccc21. The number of hydrogen-bond donors (Lipinski definition) is 2. The second-order valence-electron chi connectivity index (χ2n) is 9.87. The zero-order valence-electron chi connectivity index (χ0n) is 18.2. The van der Waals surface area contributed by atoms with E-state index >= 15 is 0 Å². The van der Waals surface area contributed by atoms with Crippen molar-refractivity contribution in [2.24, 2.45) is 17.8 Å². The van der Waals surface area contributed by atoms with Gasteiger partial charge < -0.3 is 20.1 Å². The summed E-state index contributed by atoms with van der Waals surface area (Å²) < 4.78 is 5.56. The minimum absolute atomic E-state index is 0.00673. The molecule has 2 N–H and O–H groups in total. The highest BCUT2D eigenvalue weighted by atomic mass is 16.5. The highest BCUT2D eigenvalue weighted by Gasteiger charge is 2.64. The second kappa shape index (κ2) is 7.33. The number of carboxylic acids is 1. The van der Waals surface area contributed by atoms with Gasteiger partial charge in [-0.3, -0.25) is 4.79 Å². The third-order valence-corrected chi connectivity index (χ3v) is 7.97. The molecule has 2 heterocycles. The van der Waals surface area contributed by atoms with Crippen molar-refractivity contribution in [2.45, 2.75) is 30.7 Å². The Hall–Kier alpha value is -3.35. The number of carboxylic acid groups (broad SMARTS) is 1. The first-order valence-corrected chi connectivity index (χ1v) is 11.6. The van der Waals surface area contributed by atoms with Gasteiger partial charge in [0.15, 0.2) is 0 Å². The fourth-order valence-electron chi connectivity index (χ4n) is 6.11. The van der Waals surface area contributed by atoms with E-state index in [1.807, 2.05) is 24.3 Å². The van der Waals surface area contributed by atoms with E-state index in [1.54, 1.807) is 4.90 Å². The summed E-state index contributed by atoms with van der Waals surface area (Å²) in [6.07, 6.45) is 1.34. The fraction of sp³-hybridized carbons (Fsp3) is 0.423. The summed E-state index contributed by atoms with van der Waals surface area (Å²) in [6.45, 7) is 1.17. The lowest BCUT2D eigenvalue weighted by Crippen LogP contribution is -2.55. The molecule has 2 amide bonds. The molecule has 2 saturated carbocycles. The molecule has 0 spiro atoms. The van der Waals surface area contributed by atoms with Crippen LogP contribution in [0.2, 0.25) is 0 Å². The molecule has 33 heavy (non-hydrogen) atoms. The largest absolute Gasteiger partial charge is 0.479 e. The van der Waals surface area contributed by atoms with Crippen molar-refractivity contribution < 1.29 is 24.2 Å². The van der Waals surface area contributed by atoms with E-state index in [0.717, 1.165) is 11.1 Å². The molecular formula is C26H26N2O5. The molecule has 2 aromatic rings. The summed E-state index contributed by atoms with van der Waals surface area (Å²) in [5.74, 6) is -0.792. The Morgan fingerprint density at radius 2 is 1.67 bits per heavy atom. The number of aliphatic carboxylic acids is 1. The minimum atomic E-state index is -0.977. The number of benzene rings is 2. The van der Waals surface area contributed by atoms with Gasteiger partial charge in [-0.25, -0.2) is 9.59 Å². The van der Waals surface area contributed by atoms with Crippen LogP contribution in [0.4, 0.5) is 4.79 Å². The van der Waals surface area contributed by atoms with E-state index in [4.69, 9.17) is 4.74 Å². The van der Waals surface area contributed by atoms with Gasteiger partial charge in [-0.1, -0.05) is 48.5 Å². The van der Waals surface area contributed by atoms with Gasteiger partial charge in [0.2, 0.25) is 5.91 Å². The van der Waals surface area contributed by atoms with Crippen LogP contribution in [0, 0.1) is 17.8 Å². The second-order valence-corrected chi connectivity index (χ2v) is 9.87. The van der Waals surface area contributed by atoms with Crippen LogP contribution in [0.25, 0.3) is 11.1 Å². The monoisotopic (exact) mass is 446 g/mol. The molecule has 2 saturated heterocycles. The quantitative estimate of drug-likeness (QED) is 0.710. The average Bonchev–Trinajstić information content (AvgIpc) is 3.17. The van der Waals surface area contributed by atoms with E-state index in [-0.39, 0.29) is 30.3 Å². The van der Waals surface area contributed by atoms with Crippen molar-refractivity contribution in [2.75, 3.05) is 19.7 Å². The van der Waals surface area contributed by atoms with Crippen LogP contribution in [-0.2, 0) is 14.3 Å². The van der Waals surface area contributed by atoms with E-state index < -0.39 is 17.6 Å². The average molecular weight is 447 g/mol. The van der Waals surface area contributed by atoms with Crippen LogP contribution in [0.5, 0.6) is 0 Å². The van der Waals surface area contributed by atoms with Crippen molar-refractivity contribution in [1.82, 2.24) is 10.2 Å². The maximum atomic E-state index is 12.9. The standard InChI is InChI=1S/C26H26N2O5/c29-23(28-13-15-10-26(28,11-15)24(30)31)21-9-16(21)12-27-25(32)33-14-22-19-7-3-1-5-17(19)18-6-2-4-8-20(18)22/h1-8,15-16,21-22H,9-14H2,(H,27,32)(H,30,31)/t15?,16-,21-,26?/m1/s1. The first-order valence-electron chi connectivity index (χ1n) is 11.6. The molecular weight excluding hydrogens is 420 g/mol. The van der Waals surface area contributed by atoms with Crippen molar-refractivity contribution >= 4 is 18.0 Å². The van der Waals surface area contributed by atoms with Crippen LogP contribution >= 0.6 is 0 Å². The predicted molar refractivity (Wildman–Crippen MR) is 119 cm³/mol. The molecule has 4 fully saturated rings. The van der Waals surface area contributed by atoms with E-state index in [9.17, 15) is 19.5 Å². The normalized spacial score (nSPS) is 28.5. The Morgan fingerprint density at radius 3 is 2.30 bits per heavy atom. The smallest absolute Gasteiger partial charge is 0.407 e. The summed E-state index contributed by atoms with van der Waals surface area (Å²) in [6, 6.07) is 16.4. The van der Waals surface area contributed by atoms with Gasteiger partial charge in [0.25, 0.3) is 0 Å². The lowest BCUT2D eigenvalue weighted by molar-refractivity contribution is -0.159. The van der Waals surface area contributed by atoms with Gasteiger partial charge in [0.1, 0.15) is 12.1 Å². The molecule has 3 aliphatic carbocycles. The molecule has 0 unspecified atom stereocenters. The number of nitrogens with zero attached hydrogens (tertiary/aromatic N) is 1. The first-order chi connectivity index (χ1) is 16.0. The third-order valence-electron chi connectivity index (χ3n) is 7.97. The Bertz CT molecular complexity index is 1110. The maximum Gasteiger partial charge on any atom is 0.407 e. The molecule has 0 radical (unpaired) electrons. The molecule has 5 aliphatic rings. The van der Waals surface area contributed by atoms with Crippen LogP contribution in [0.1, 0.15) is 36.3 Å². The van der Waals surface area contributed by atoms with Crippen molar-refractivity contribution in [3.8, 4) is 11.1 Å². The highest BCUT2D eigenvalue weighted by molar-refractivity contribution is 5.91. The van der Waals surface area contributed by atoms with Crippen LogP contribution in [-0.4, -0.2) is 53.2 Å². The topological polar surface area (TPSA) is 95.9 Å². The van der Waals surface area contributed by atoms with Crippen molar-refractivity contribution in [3.05, 3.63) is 59.7 Å². The number of alkyl carbamates (subject to hydrolysis) is 1. The van der Waals surface area contributed by atoms with E-state index in [2.05, 4.69) is 29.6 Å². The molecule has 7 nitrogen and oxygen atoms in total. The Morgan fingerprint density at radius 1 is 1.03 bits per heavy atom. The summed E-state index contributed by atoms with van der Waals surface area (Å²) >= 11 is 0. The van der Waals surface area contributed by atoms with Gasteiger partial charge in [0, 0.05) is 24.9 Å². The Labute approximate surface area is 191 Å². The first kappa shape index (κ1) is 20.3. The van der Waals surface area contributed by atoms with Gasteiger partial charge in [-0.15, -0.1) is 0 Å². The molecule has 2 aromatic carbocycles. The third kappa shape index (κ3) is 3.13. The molecule has 2 bridgehead atoms. The van der Waals surface area contributed by atoms with Gasteiger partial charge >= 0.3 is 12.1 Å². The van der Waals surface area contributed by atoms with Crippen molar-refractivity contribution in [1.29, 1.82) is 0 Å². The number of hydrogen-bond acceptors (Lipinski definition) is 4. The lowest BCUT2D eigenvalue weighted by Gasteiger charge is -2.37. The van der Waals surface area contributed by atoms with Gasteiger partial charge in [-0.2, -0.15) is 0 Å². The van der Waals surface area contributed by atoms with Crippen LogP contribution in [0.3, 0.4) is 0 Å². The molecule has 2 atom stereocenters. The number of nitrogens with one attached hydrogen (secondary N) is 1. The zero-order chi connectivity index (χ0) is 22.7. The number of carbonyl (C=O) groups is 3. The van der Waals surface area contributed by atoms with E-state index in [0.29, 0.717) is 38.3 Å². The summed E-state index contributed by atoms with van der Waals surface area (Å²) in [5.41, 5.74) is 3.71.